The lowest BCUT2D eigenvalue weighted by Crippen LogP contribution is -2.45. The van der Waals surface area contributed by atoms with E-state index < -0.39 is 0 Å². The largest absolute Gasteiger partial charge is 0.497 e. The van der Waals surface area contributed by atoms with Gasteiger partial charge in [0.25, 0.3) is 0 Å². The summed E-state index contributed by atoms with van der Waals surface area (Å²) < 4.78 is 7.39. The molecule has 1 saturated heterocycles. The molecular formula is C24H28N4O2S. The number of nitrogens with zero attached hydrogens (tertiary/aromatic N) is 4. The summed E-state index contributed by atoms with van der Waals surface area (Å²) >= 11 is 1.44. The first-order chi connectivity index (χ1) is 15.1. The number of hydrogen-bond donors (Lipinski definition) is 0. The third-order valence-corrected chi connectivity index (χ3v) is 6.67. The normalized spacial score (nSPS) is 18.7. The van der Waals surface area contributed by atoms with Crippen LogP contribution >= 0.6 is 11.8 Å². The number of likely N-dealkylation sites (tertiary alicyclic amines) is 1. The van der Waals surface area contributed by atoms with E-state index in [9.17, 15) is 4.79 Å². The Balaban J connectivity index is 1.61. The highest BCUT2D eigenvalue weighted by atomic mass is 32.2. The van der Waals surface area contributed by atoms with E-state index in [1.165, 1.54) is 11.8 Å². The van der Waals surface area contributed by atoms with E-state index >= 15 is 0 Å². The Morgan fingerprint density at radius 2 is 1.94 bits per heavy atom. The van der Waals surface area contributed by atoms with Gasteiger partial charge in [-0.1, -0.05) is 49.0 Å². The van der Waals surface area contributed by atoms with Crippen molar-refractivity contribution in [3.05, 3.63) is 54.6 Å². The molecule has 1 aliphatic heterocycles. The number of thioether (sulfide) groups is 1. The third-order valence-electron chi connectivity index (χ3n) is 5.76. The maximum atomic E-state index is 12.9. The zero-order valence-corrected chi connectivity index (χ0v) is 19.0. The second kappa shape index (κ2) is 9.56. The lowest BCUT2D eigenvalue weighted by atomic mass is 9.93. The van der Waals surface area contributed by atoms with Crippen LogP contribution in [0.3, 0.4) is 0 Å². The smallest absolute Gasteiger partial charge is 0.233 e. The minimum atomic E-state index is 0.162. The van der Waals surface area contributed by atoms with E-state index in [2.05, 4.69) is 24.0 Å². The van der Waals surface area contributed by atoms with Gasteiger partial charge in [0.2, 0.25) is 5.91 Å². The van der Waals surface area contributed by atoms with Crippen molar-refractivity contribution >= 4 is 17.7 Å². The second-order valence-corrected chi connectivity index (χ2v) is 9.01. The molecule has 0 radical (unpaired) electrons. The molecule has 0 N–H and O–H groups in total. The highest BCUT2D eigenvalue weighted by molar-refractivity contribution is 7.99. The molecule has 2 aromatic carbocycles. The van der Waals surface area contributed by atoms with Crippen LogP contribution in [0.1, 0.15) is 26.7 Å². The molecule has 162 valence electrons. The molecule has 3 aromatic rings. The van der Waals surface area contributed by atoms with Gasteiger partial charge in [0.05, 0.1) is 12.9 Å². The van der Waals surface area contributed by atoms with Crippen LogP contribution in [-0.2, 0) is 4.79 Å². The molecule has 1 aliphatic rings. The summed E-state index contributed by atoms with van der Waals surface area (Å²) in [7, 11) is 1.65. The number of methoxy groups -OCH3 is 1. The number of aromatic nitrogens is 3. The first-order valence-corrected chi connectivity index (χ1v) is 11.6. The van der Waals surface area contributed by atoms with E-state index in [1.54, 1.807) is 7.11 Å². The Hall–Kier alpha value is -2.80. The van der Waals surface area contributed by atoms with Crippen molar-refractivity contribution in [2.45, 2.75) is 37.9 Å². The Bertz CT molecular complexity index is 1040. The molecule has 31 heavy (non-hydrogen) atoms. The molecule has 0 bridgehead atoms. The van der Waals surface area contributed by atoms with Crippen LogP contribution in [0.4, 0.5) is 0 Å². The fraction of sp³-hybridized carbons (Fsp3) is 0.375. The number of carbonyl (C=O) groups excluding carboxylic acids is 1. The summed E-state index contributed by atoms with van der Waals surface area (Å²) in [4.78, 5) is 14.9. The summed E-state index contributed by atoms with van der Waals surface area (Å²) in [5, 5.41) is 9.61. The minimum absolute atomic E-state index is 0.162. The van der Waals surface area contributed by atoms with Crippen LogP contribution in [0, 0.1) is 5.92 Å². The number of amides is 1. The van der Waals surface area contributed by atoms with Gasteiger partial charge in [-0.15, -0.1) is 10.2 Å². The molecule has 7 heteroatoms. The zero-order valence-electron chi connectivity index (χ0n) is 18.2. The van der Waals surface area contributed by atoms with Crippen LogP contribution in [0.25, 0.3) is 17.1 Å². The SMILES string of the molecule is COc1cccc(-c2nnc(SCC(=O)N3CC[C@H](C)C[C@@H]3C)n2-c2ccccc2)c1. The molecule has 2 heterocycles. The summed E-state index contributed by atoms with van der Waals surface area (Å²) in [5.74, 6) is 2.67. The highest BCUT2D eigenvalue weighted by Crippen LogP contribution is 2.30. The third kappa shape index (κ3) is 4.77. The second-order valence-electron chi connectivity index (χ2n) is 8.06. The van der Waals surface area contributed by atoms with Crippen molar-refractivity contribution in [3.63, 3.8) is 0 Å². The van der Waals surface area contributed by atoms with Gasteiger partial charge in [-0.3, -0.25) is 9.36 Å². The molecule has 0 saturated carbocycles. The standard InChI is InChI=1S/C24H28N4O2S/c1-17-12-13-27(18(2)14-17)22(29)16-31-24-26-25-23(19-8-7-11-21(15-19)30-3)28(24)20-9-5-4-6-10-20/h4-11,15,17-18H,12-14,16H2,1-3H3/t17-,18-/m0/s1. The Labute approximate surface area is 187 Å². The maximum absolute atomic E-state index is 12.9. The van der Waals surface area contributed by atoms with Gasteiger partial charge in [-0.05, 0) is 49.9 Å². The quantitative estimate of drug-likeness (QED) is 0.525. The van der Waals surface area contributed by atoms with Gasteiger partial charge >= 0.3 is 0 Å². The zero-order chi connectivity index (χ0) is 21.8. The van der Waals surface area contributed by atoms with E-state index in [1.807, 2.05) is 64.1 Å². The van der Waals surface area contributed by atoms with Gasteiger partial charge in [-0.25, -0.2) is 0 Å². The van der Waals surface area contributed by atoms with Crippen LogP contribution in [0.2, 0.25) is 0 Å². The molecule has 4 rings (SSSR count). The van der Waals surface area contributed by atoms with Crippen LogP contribution in [0.15, 0.2) is 59.8 Å². The van der Waals surface area contributed by atoms with Crippen molar-refractivity contribution in [2.24, 2.45) is 5.92 Å². The summed E-state index contributed by atoms with van der Waals surface area (Å²) in [6.45, 7) is 5.24. The van der Waals surface area contributed by atoms with Crippen LogP contribution in [0.5, 0.6) is 5.75 Å². The van der Waals surface area contributed by atoms with Crippen molar-refractivity contribution in [2.75, 3.05) is 19.4 Å². The van der Waals surface area contributed by atoms with Gasteiger partial charge in [0.15, 0.2) is 11.0 Å². The lowest BCUT2D eigenvalue weighted by Gasteiger charge is -2.36. The molecule has 0 aliphatic carbocycles. The van der Waals surface area contributed by atoms with Crippen molar-refractivity contribution in [3.8, 4) is 22.8 Å². The average molecular weight is 437 g/mol. The van der Waals surface area contributed by atoms with E-state index in [-0.39, 0.29) is 11.9 Å². The minimum Gasteiger partial charge on any atom is -0.497 e. The number of hydrogen-bond acceptors (Lipinski definition) is 5. The lowest BCUT2D eigenvalue weighted by molar-refractivity contribution is -0.132. The van der Waals surface area contributed by atoms with Crippen LogP contribution < -0.4 is 4.74 Å². The number of para-hydroxylation sites is 1. The van der Waals surface area contributed by atoms with Gasteiger partial charge in [-0.2, -0.15) is 0 Å². The fourth-order valence-corrected chi connectivity index (χ4v) is 4.95. The average Bonchev–Trinajstić information content (AvgIpc) is 3.22. The van der Waals surface area contributed by atoms with Crippen LogP contribution in [-0.4, -0.2) is 51.0 Å². The number of rotatable bonds is 6. The highest BCUT2D eigenvalue weighted by Gasteiger charge is 2.27. The summed E-state index contributed by atoms with van der Waals surface area (Å²) in [6, 6.07) is 18.1. The first-order valence-electron chi connectivity index (χ1n) is 10.6. The predicted molar refractivity (Wildman–Crippen MR) is 124 cm³/mol. The Kier molecular flexibility index (Phi) is 6.61. The molecule has 1 aromatic heterocycles. The number of benzene rings is 2. The van der Waals surface area contributed by atoms with E-state index in [0.29, 0.717) is 16.8 Å². The fourth-order valence-electron chi connectivity index (χ4n) is 4.11. The number of piperidine rings is 1. The topological polar surface area (TPSA) is 60.3 Å². The number of ether oxygens (including phenoxy) is 1. The van der Waals surface area contributed by atoms with Gasteiger partial charge in [0.1, 0.15) is 5.75 Å². The molecule has 0 spiro atoms. The van der Waals surface area contributed by atoms with E-state index in [0.717, 1.165) is 42.2 Å². The van der Waals surface area contributed by atoms with E-state index in [4.69, 9.17) is 4.74 Å². The maximum Gasteiger partial charge on any atom is 0.233 e. The van der Waals surface area contributed by atoms with Gasteiger partial charge < -0.3 is 9.64 Å². The number of carbonyl (C=O) groups is 1. The monoisotopic (exact) mass is 436 g/mol. The Morgan fingerprint density at radius 1 is 1.13 bits per heavy atom. The van der Waals surface area contributed by atoms with Crippen molar-refractivity contribution in [1.82, 2.24) is 19.7 Å². The molecule has 2 atom stereocenters. The molecule has 6 nitrogen and oxygen atoms in total. The Morgan fingerprint density at radius 3 is 2.68 bits per heavy atom. The van der Waals surface area contributed by atoms with Crippen molar-refractivity contribution in [1.29, 1.82) is 0 Å². The summed E-state index contributed by atoms with van der Waals surface area (Å²) in [5.41, 5.74) is 1.87. The van der Waals surface area contributed by atoms with Crippen molar-refractivity contribution < 1.29 is 9.53 Å². The first kappa shape index (κ1) is 21.4. The molecular weight excluding hydrogens is 408 g/mol. The molecule has 1 amide bonds. The molecule has 1 fully saturated rings. The predicted octanol–water partition coefficient (Wildman–Crippen LogP) is 4.68. The van der Waals surface area contributed by atoms with Gasteiger partial charge in [0, 0.05) is 23.8 Å². The summed E-state index contributed by atoms with van der Waals surface area (Å²) in [6.07, 6.45) is 2.14. The molecule has 0 unspecified atom stereocenters.